The molecule has 1 N–H and O–H groups in total. The summed E-state index contributed by atoms with van der Waals surface area (Å²) in [5.41, 5.74) is 1.37. The number of ether oxygens (including phenoxy) is 1. The molecule has 0 fully saturated rings. The Kier molecular flexibility index (Phi) is 5.30. The van der Waals surface area contributed by atoms with Gasteiger partial charge in [0.2, 0.25) is 11.8 Å². The van der Waals surface area contributed by atoms with Crippen LogP contribution in [0.4, 0.5) is 5.69 Å². The minimum Gasteiger partial charge on any atom is -0.497 e. The molecule has 0 unspecified atom stereocenters. The van der Waals surface area contributed by atoms with E-state index in [9.17, 15) is 9.59 Å². The quantitative estimate of drug-likeness (QED) is 0.380. The number of nitrogens with one attached hydrogen (secondary N) is 1. The first-order valence-electron chi connectivity index (χ1n) is 8.55. The first-order chi connectivity index (χ1) is 14.1. The lowest BCUT2D eigenvalue weighted by atomic mass is 10.2. The molecule has 0 bridgehead atoms. The van der Waals surface area contributed by atoms with Crippen molar-refractivity contribution in [2.75, 3.05) is 18.2 Å². The van der Waals surface area contributed by atoms with Crippen LogP contribution in [0.15, 0.2) is 73.4 Å². The lowest BCUT2D eigenvalue weighted by Gasteiger charge is -2.05. The Morgan fingerprint density at radius 3 is 2.86 bits per heavy atom. The van der Waals surface area contributed by atoms with Gasteiger partial charge < -0.3 is 18.9 Å². The molecule has 0 saturated carbocycles. The number of carbonyl (C=O) groups excluding carboxylic acids is 1. The number of fused-ring (bicyclic) bond motifs is 1. The Labute approximate surface area is 168 Å². The van der Waals surface area contributed by atoms with Crippen molar-refractivity contribution in [2.24, 2.45) is 0 Å². The fourth-order valence-corrected chi connectivity index (χ4v) is 3.18. The summed E-state index contributed by atoms with van der Waals surface area (Å²) >= 11 is 1.14. The van der Waals surface area contributed by atoms with Crippen molar-refractivity contribution in [3.63, 3.8) is 0 Å². The predicted molar refractivity (Wildman–Crippen MR) is 108 cm³/mol. The number of nitrogens with zero attached hydrogens (tertiary/aromatic N) is 2. The summed E-state index contributed by atoms with van der Waals surface area (Å²) in [6.07, 6.45) is 0. The number of aromatic nitrogens is 2. The fraction of sp³-hybridized carbons (Fsp3) is 0.100. The number of rotatable bonds is 6. The van der Waals surface area contributed by atoms with Crippen molar-refractivity contribution >= 4 is 34.3 Å². The van der Waals surface area contributed by atoms with Crippen molar-refractivity contribution in [3.05, 3.63) is 65.0 Å². The topological polar surface area (TPSA) is 107 Å². The van der Waals surface area contributed by atoms with Crippen molar-refractivity contribution < 1.29 is 18.4 Å². The van der Waals surface area contributed by atoms with Crippen LogP contribution in [-0.4, -0.2) is 29.0 Å². The number of methoxy groups -OCH3 is 1. The number of amides is 1. The summed E-state index contributed by atoms with van der Waals surface area (Å²) in [6.45, 7) is 0. The normalized spacial score (nSPS) is 10.8. The molecule has 9 heteroatoms. The van der Waals surface area contributed by atoms with Crippen LogP contribution in [0.2, 0.25) is 0 Å². The number of thioether (sulfide) groups is 1. The molecule has 29 heavy (non-hydrogen) atoms. The van der Waals surface area contributed by atoms with Crippen LogP contribution in [0.5, 0.6) is 5.75 Å². The maximum Gasteiger partial charge on any atom is 0.336 e. The van der Waals surface area contributed by atoms with Crippen LogP contribution in [0.25, 0.3) is 22.4 Å². The molecule has 2 aromatic carbocycles. The summed E-state index contributed by atoms with van der Waals surface area (Å²) in [5, 5.41) is 11.8. The van der Waals surface area contributed by atoms with E-state index in [1.54, 1.807) is 37.4 Å². The highest BCUT2D eigenvalue weighted by atomic mass is 32.2. The highest BCUT2D eigenvalue weighted by molar-refractivity contribution is 7.99. The van der Waals surface area contributed by atoms with Crippen LogP contribution < -0.4 is 15.7 Å². The second-order valence-electron chi connectivity index (χ2n) is 5.95. The van der Waals surface area contributed by atoms with Gasteiger partial charge in [-0.15, -0.1) is 10.2 Å². The molecule has 4 rings (SSSR count). The molecular formula is C20H15N3O5S. The molecule has 0 aliphatic rings. The van der Waals surface area contributed by atoms with E-state index < -0.39 is 5.63 Å². The third-order valence-corrected chi connectivity index (χ3v) is 4.77. The average Bonchev–Trinajstić information content (AvgIpc) is 3.21. The Hall–Kier alpha value is -3.59. The zero-order valence-corrected chi connectivity index (χ0v) is 16.1. The van der Waals surface area contributed by atoms with Gasteiger partial charge in [0.15, 0.2) is 0 Å². The average molecular weight is 409 g/mol. The Bertz CT molecular complexity index is 1230. The molecule has 0 radical (unpaired) electrons. The second-order valence-corrected chi connectivity index (χ2v) is 6.88. The third kappa shape index (κ3) is 4.46. The first-order valence-corrected chi connectivity index (χ1v) is 9.54. The maximum atomic E-state index is 12.2. The maximum absolute atomic E-state index is 12.2. The van der Waals surface area contributed by atoms with E-state index in [4.69, 9.17) is 13.6 Å². The monoisotopic (exact) mass is 409 g/mol. The van der Waals surface area contributed by atoms with E-state index in [0.717, 1.165) is 22.7 Å². The zero-order chi connectivity index (χ0) is 20.2. The van der Waals surface area contributed by atoms with E-state index in [2.05, 4.69) is 15.5 Å². The largest absolute Gasteiger partial charge is 0.497 e. The predicted octanol–water partition coefficient (Wildman–Crippen LogP) is 3.58. The third-order valence-electron chi connectivity index (χ3n) is 3.95. The van der Waals surface area contributed by atoms with E-state index in [-0.39, 0.29) is 11.7 Å². The Balaban J connectivity index is 1.38. The second kappa shape index (κ2) is 8.19. The molecule has 4 aromatic rings. The first kappa shape index (κ1) is 18.8. The van der Waals surface area contributed by atoms with Crippen molar-refractivity contribution in [2.45, 2.75) is 5.22 Å². The smallest absolute Gasteiger partial charge is 0.336 e. The summed E-state index contributed by atoms with van der Waals surface area (Å²) < 4.78 is 15.9. The molecule has 0 saturated heterocycles. The van der Waals surface area contributed by atoms with Crippen LogP contribution in [0.1, 0.15) is 0 Å². The van der Waals surface area contributed by atoms with E-state index in [1.165, 1.54) is 6.07 Å². The molecule has 0 atom stereocenters. The summed E-state index contributed by atoms with van der Waals surface area (Å²) in [7, 11) is 1.58. The molecular weight excluding hydrogens is 394 g/mol. The summed E-state index contributed by atoms with van der Waals surface area (Å²) in [6, 6.07) is 15.3. The highest BCUT2D eigenvalue weighted by Crippen LogP contribution is 2.26. The van der Waals surface area contributed by atoms with Gasteiger partial charge in [-0.2, -0.15) is 0 Å². The van der Waals surface area contributed by atoms with Crippen LogP contribution in [0.3, 0.4) is 0 Å². The minimum absolute atomic E-state index is 0.0989. The molecule has 1 amide bonds. The molecule has 0 aliphatic carbocycles. The molecule has 0 aliphatic heterocycles. The Morgan fingerprint density at radius 1 is 1.10 bits per heavy atom. The van der Waals surface area contributed by atoms with Gasteiger partial charge in [-0.3, -0.25) is 4.79 Å². The van der Waals surface area contributed by atoms with Crippen LogP contribution in [0, 0.1) is 0 Å². The molecule has 8 nitrogen and oxygen atoms in total. The number of anilines is 1. The van der Waals surface area contributed by atoms with E-state index in [1.807, 2.05) is 18.2 Å². The van der Waals surface area contributed by atoms with Gasteiger partial charge in [0.25, 0.3) is 5.22 Å². The van der Waals surface area contributed by atoms with E-state index in [0.29, 0.717) is 28.1 Å². The molecule has 0 spiro atoms. The standard InChI is InChI=1S/C20H15N3O5S/c1-26-15-4-2-3-13(10-15)19-22-23-20(28-19)29-11-17(24)21-14-6-7-16-12(9-14)5-8-18(25)27-16/h2-10H,11H2,1H3,(H,21,24). The van der Waals surface area contributed by atoms with Crippen molar-refractivity contribution in [3.8, 4) is 17.2 Å². The van der Waals surface area contributed by atoms with Gasteiger partial charge in [0.05, 0.1) is 12.9 Å². The summed E-state index contributed by atoms with van der Waals surface area (Å²) in [4.78, 5) is 23.4. The van der Waals surface area contributed by atoms with Gasteiger partial charge in [0, 0.05) is 22.7 Å². The van der Waals surface area contributed by atoms with Crippen LogP contribution >= 0.6 is 11.8 Å². The number of hydrogen-bond donors (Lipinski definition) is 1. The van der Waals surface area contributed by atoms with Gasteiger partial charge >= 0.3 is 5.63 Å². The number of hydrogen-bond acceptors (Lipinski definition) is 8. The van der Waals surface area contributed by atoms with Gasteiger partial charge in [-0.1, -0.05) is 17.8 Å². The van der Waals surface area contributed by atoms with E-state index >= 15 is 0 Å². The van der Waals surface area contributed by atoms with Gasteiger partial charge in [-0.25, -0.2) is 4.79 Å². The lowest BCUT2D eigenvalue weighted by molar-refractivity contribution is -0.113. The molecule has 146 valence electrons. The van der Waals surface area contributed by atoms with Crippen LogP contribution in [-0.2, 0) is 4.79 Å². The number of carbonyl (C=O) groups is 1. The zero-order valence-electron chi connectivity index (χ0n) is 15.2. The number of benzene rings is 2. The molecule has 2 aromatic heterocycles. The van der Waals surface area contributed by atoms with Gasteiger partial charge in [0.1, 0.15) is 11.3 Å². The highest BCUT2D eigenvalue weighted by Gasteiger charge is 2.12. The SMILES string of the molecule is COc1cccc(-c2nnc(SCC(=O)Nc3ccc4oc(=O)ccc4c3)o2)c1. The van der Waals surface area contributed by atoms with Crippen molar-refractivity contribution in [1.29, 1.82) is 0 Å². The fourth-order valence-electron chi connectivity index (χ4n) is 2.61. The van der Waals surface area contributed by atoms with Gasteiger partial charge in [-0.05, 0) is 42.5 Å². The minimum atomic E-state index is -0.418. The van der Waals surface area contributed by atoms with Crippen molar-refractivity contribution in [1.82, 2.24) is 10.2 Å². The lowest BCUT2D eigenvalue weighted by Crippen LogP contribution is -2.14. The summed E-state index contributed by atoms with van der Waals surface area (Å²) in [5.74, 6) is 0.904. The Morgan fingerprint density at radius 2 is 2.00 bits per heavy atom. The molecule has 2 heterocycles.